The Balaban J connectivity index is 1.56. The van der Waals surface area contributed by atoms with E-state index < -0.39 is 0 Å². The van der Waals surface area contributed by atoms with E-state index in [1.165, 1.54) is 27.8 Å². The largest absolute Gasteiger partial charge is 0.364 e. The smallest absolute Gasteiger partial charge is 0.0912 e. The molecule has 1 heteroatoms. The second-order valence-corrected chi connectivity index (χ2v) is 6.20. The van der Waals surface area contributed by atoms with Crippen LogP contribution in [0.1, 0.15) is 34.5 Å². The van der Waals surface area contributed by atoms with E-state index in [-0.39, 0.29) is 6.10 Å². The molecule has 2 aromatic carbocycles. The summed E-state index contributed by atoms with van der Waals surface area (Å²) < 4.78 is 6.25. The Morgan fingerprint density at radius 3 is 2.30 bits per heavy atom. The Hall–Kier alpha value is -1.86. The van der Waals surface area contributed by atoms with Crippen LogP contribution in [-0.4, -0.2) is 0 Å². The van der Waals surface area contributed by atoms with Gasteiger partial charge in [0.15, 0.2) is 0 Å². The summed E-state index contributed by atoms with van der Waals surface area (Å²) in [5.74, 6) is 1.16. The van der Waals surface area contributed by atoms with Crippen LogP contribution in [-0.2, 0) is 4.74 Å². The average molecular weight is 260 g/mol. The third-order valence-corrected chi connectivity index (χ3v) is 5.11. The summed E-state index contributed by atoms with van der Waals surface area (Å²) in [6.07, 6.45) is 3.01. The van der Waals surface area contributed by atoms with E-state index >= 15 is 0 Å². The van der Waals surface area contributed by atoms with Gasteiger partial charge < -0.3 is 4.74 Å². The molecule has 0 spiro atoms. The van der Waals surface area contributed by atoms with Gasteiger partial charge in [-0.05, 0) is 29.2 Å². The molecule has 1 nitrogen and oxygen atoms in total. The van der Waals surface area contributed by atoms with E-state index in [4.69, 9.17) is 4.74 Å². The van der Waals surface area contributed by atoms with Gasteiger partial charge in [0.05, 0.1) is 12.2 Å². The lowest BCUT2D eigenvalue weighted by Crippen LogP contribution is -2.29. The standard InChI is InChI=1S/C19H16O/c1-11-6-8-12(9-7-11)15-10-16-17(15)19-14-5-3-2-4-13(14)18(16)20-19/h2-10,16-19H,1H3. The number of ether oxygens (including phenoxy) is 1. The molecule has 2 heterocycles. The van der Waals surface area contributed by atoms with Gasteiger partial charge in [0, 0.05) is 11.8 Å². The quantitative estimate of drug-likeness (QED) is 0.736. The molecule has 0 N–H and O–H groups in total. The molecule has 4 atom stereocenters. The van der Waals surface area contributed by atoms with E-state index in [2.05, 4.69) is 61.5 Å². The minimum Gasteiger partial charge on any atom is -0.364 e. The highest BCUT2D eigenvalue weighted by atomic mass is 16.5. The van der Waals surface area contributed by atoms with Crippen LogP contribution in [0.3, 0.4) is 0 Å². The van der Waals surface area contributed by atoms with Gasteiger partial charge in [-0.2, -0.15) is 0 Å². The first kappa shape index (κ1) is 10.9. The zero-order valence-corrected chi connectivity index (χ0v) is 11.4. The van der Waals surface area contributed by atoms with Gasteiger partial charge >= 0.3 is 0 Å². The highest BCUT2D eigenvalue weighted by molar-refractivity contribution is 5.76. The molecule has 5 rings (SSSR count). The normalized spacial score (nSPS) is 32.4. The molecule has 2 bridgehead atoms. The van der Waals surface area contributed by atoms with Crippen molar-refractivity contribution in [3.05, 3.63) is 76.9 Å². The SMILES string of the molecule is Cc1ccc(C2=CC3C4OC(c5ccccc54)C23)cc1. The molecule has 1 fully saturated rings. The lowest BCUT2D eigenvalue weighted by molar-refractivity contribution is 0.0626. The summed E-state index contributed by atoms with van der Waals surface area (Å²) in [6, 6.07) is 17.6. The molecule has 2 aromatic rings. The molecule has 20 heavy (non-hydrogen) atoms. The van der Waals surface area contributed by atoms with Crippen molar-refractivity contribution in [2.75, 3.05) is 0 Å². The summed E-state index contributed by atoms with van der Waals surface area (Å²) in [5, 5.41) is 0. The summed E-state index contributed by atoms with van der Waals surface area (Å²) in [5.41, 5.74) is 7.00. The van der Waals surface area contributed by atoms with Crippen LogP contribution in [0.4, 0.5) is 0 Å². The van der Waals surface area contributed by atoms with Crippen molar-refractivity contribution in [3.8, 4) is 0 Å². The van der Waals surface area contributed by atoms with Crippen LogP contribution < -0.4 is 0 Å². The highest BCUT2D eigenvalue weighted by Gasteiger charge is 2.56. The number of fused-ring (bicyclic) bond motifs is 8. The van der Waals surface area contributed by atoms with E-state index in [9.17, 15) is 0 Å². The molecule has 4 unspecified atom stereocenters. The molecule has 2 aliphatic heterocycles. The van der Waals surface area contributed by atoms with Gasteiger partial charge in [0.1, 0.15) is 0 Å². The summed E-state index contributed by atoms with van der Waals surface area (Å²) >= 11 is 0. The first-order chi connectivity index (χ1) is 9.83. The molecular formula is C19H16O. The fourth-order valence-electron chi connectivity index (χ4n) is 4.10. The summed E-state index contributed by atoms with van der Waals surface area (Å²) in [6.45, 7) is 2.14. The minimum absolute atomic E-state index is 0.280. The third-order valence-electron chi connectivity index (χ3n) is 5.11. The number of rotatable bonds is 1. The molecule has 0 amide bonds. The van der Waals surface area contributed by atoms with E-state index in [0.717, 1.165) is 0 Å². The Morgan fingerprint density at radius 2 is 1.55 bits per heavy atom. The lowest BCUT2D eigenvalue weighted by Gasteiger charge is -2.37. The lowest BCUT2D eigenvalue weighted by atomic mass is 9.63. The fourth-order valence-corrected chi connectivity index (χ4v) is 4.10. The van der Waals surface area contributed by atoms with Gasteiger partial charge in [-0.25, -0.2) is 0 Å². The van der Waals surface area contributed by atoms with Gasteiger partial charge in [0.2, 0.25) is 0 Å². The van der Waals surface area contributed by atoms with Crippen molar-refractivity contribution in [2.45, 2.75) is 19.1 Å². The van der Waals surface area contributed by atoms with Crippen LogP contribution in [0.15, 0.2) is 54.6 Å². The van der Waals surface area contributed by atoms with Gasteiger partial charge in [0.25, 0.3) is 0 Å². The number of aryl methyl sites for hydroxylation is 1. The molecule has 1 saturated heterocycles. The van der Waals surface area contributed by atoms with E-state index in [1.54, 1.807) is 0 Å². The number of hydrogen-bond acceptors (Lipinski definition) is 1. The summed E-state index contributed by atoms with van der Waals surface area (Å²) in [4.78, 5) is 0. The Morgan fingerprint density at radius 1 is 0.850 bits per heavy atom. The molecule has 0 saturated carbocycles. The van der Waals surface area contributed by atoms with Crippen LogP contribution in [0.5, 0.6) is 0 Å². The van der Waals surface area contributed by atoms with Crippen molar-refractivity contribution in [2.24, 2.45) is 11.8 Å². The van der Waals surface area contributed by atoms with Crippen LogP contribution in [0.25, 0.3) is 5.57 Å². The first-order valence-corrected chi connectivity index (χ1v) is 7.36. The zero-order chi connectivity index (χ0) is 13.3. The van der Waals surface area contributed by atoms with Gasteiger partial charge in [-0.3, -0.25) is 0 Å². The predicted octanol–water partition coefficient (Wildman–Crippen LogP) is 4.45. The second-order valence-electron chi connectivity index (χ2n) is 6.20. The highest BCUT2D eigenvalue weighted by Crippen LogP contribution is 2.65. The van der Waals surface area contributed by atoms with Crippen LogP contribution >= 0.6 is 0 Å². The molecule has 98 valence electrons. The maximum absolute atomic E-state index is 6.25. The first-order valence-electron chi connectivity index (χ1n) is 7.36. The Bertz CT molecular complexity index is 726. The van der Waals surface area contributed by atoms with Crippen molar-refractivity contribution in [3.63, 3.8) is 0 Å². The molecule has 0 aromatic heterocycles. The molecule has 1 aliphatic carbocycles. The zero-order valence-electron chi connectivity index (χ0n) is 11.4. The maximum atomic E-state index is 6.25. The molecule has 3 aliphatic rings. The van der Waals surface area contributed by atoms with E-state index in [1.807, 2.05) is 0 Å². The number of hydrogen-bond donors (Lipinski definition) is 0. The van der Waals surface area contributed by atoms with Crippen molar-refractivity contribution in [1.29, 1.82) is 0 Å². The fraction of sp³-hybridized carbons (Fsp3) is 0.263. The van der Waals surface area contributed by atoms with Crippen LogP contribution in [0, 0.1) is 18.8 Å². The van der Waals surface area contributed by atoms with Crippen LogP contribution in [0.2, 0.25) is 0 Å². The van der Waals surface area contributed by atoms with Crippen molar-refractivity contribution < 1.29 is 4.74 Å². The maximum Gasteiger partial charge on any atom is 0.0912 e. The Kier molecular flexibility index (Phi) is 1.97. The average Bonchev–Trinajstić information content (AvgIpc) is 2.93. The topological polar surface area (TPSA) is 9.23 Å². The van der Waals surface area contributed by atoms with Crippen molar-refractivity contribution in [1.82, 2.24) is 0 Å². The second kappa shape index (κ2) is 3.62. The monoisotopic (exact) mass is 260 g/mol. The summed E-state index contributed by atoms with van der Waals surface area (Å²) in [7, 11) is 0. The molecule has 0 radical (unpaired) electrons. The van der Waals surface area contributed by atoms with E-state index in [0.29, 0.717) is 17.9 Å². The van der Waals surface area contributed by atoms with Gasteiger partial charge in [-0.1, -0.05) is 60.2 Å². The Labute approximate surface area is 118 Å². The minimum atomic E-state index is 0.280. The predicted molar refractivity (Wildman–Crippen MR) is 79.1 cm³/mol. The number of benzene rings is 2. The van der Waals surface area contributed by atoms with Crippen molar-refractivity contribution >= 4 is 5.57 Å². The third kappa shape index (κ3) is 1.22. The molecular weight excluding hydrogens is 244 g/mol. The van der Waals surface area contributed by atoms with Gasteiger partial charge in [-0.15, -0.1) is 0 Å².